The Hall–Kier alpha value is -3.66. The van der Waals surface area contributed by atoms with E-state index >= 15 is 0 Å². The molecule has 1 saturated heterocycles. The first-order valence-electron chi connectivity index (χ1n) is 9.01. The summed E-state index contributed by atoms with van der Waals surface area (Å²) in [6.45, 7) is 3.50. The fourth-order valence-electron chi connectivity index (χ4n) is 3.27. The highest BCUT2D eigenvalue weighted by molar-refractivity contribution is 6.21. The maximum absolute atomic E-state index is 11.7. The summed E-state index contributed by atoms with van der Waals surface area (Å²) in [6, 6.07) is 3.59. The number of aromatic hydroxyl groups is 1. The second-order valence-corrected chi connectivity index (χ2v) is 6.66. The summed E-state index contributed by atoms with van der Waals surface area (Å²) < 4.78 is 5.64. The number of pyridine rings is 1. The van der Waals surface area contributed by atoms with Crippen LogP contribution >= 0.6 is 0 Å². The molecule has 1 fully saturated rings. The molecule has 29 heavy (non-hydrogen) atoms. The lowest BCUT2D eigenvalue weighted by Gasteiger charge is -2.34. The van der Waals surface area contributed by atoms with E-state index in [9.17, 15) is 19.8 Å². The first kappa shape index (κ1) is 18.7. The van der Waals surface area contributed by atoms with Crippen molar-refractivity contribution >= 4 is 41.4 Å². The molecule has 0 spiro atoms. The molecule has 0 bridgehead atoms. The molecule has 4 heterocycles. The molecule has 0 atom stereocenters. The fourth-order valence-corrected chi connectivity index (χ4v) is 3.27. The Morgan fingerprint density at radius 3 is 2.72 bits per heavy atom. The number of aromatic carboxylic acids is 1. The molecule has 4 rings (SSSR count). The normalized spacial score (nSPS) is 17.6. The molecule has 2 aliphatic rings. The van der Waals surface area contributed by atoms with Gasteiger partial charge in [0.15, 0.2) is 22.9 Å². The summed E-state index contributed by atoms with van der Waals surface area (Å²) in [6.07, 6.45) is 4.73. The maximum atomic E-state index is 11.7. The molecule has 0 saturated carbocycles. The van der Waals surface area contributed by atoms with Crippen LogP contribution in [0.5, 0.6) is 5.75 Å². The van der Waals surface area contributed by atoms with Crippen molar-refractivity contribution in [2.24, 2.45) is 4.99 Å². The fraction of sp³-hybridized carbons (Fsp3) is 0.263. The largest absolute Gasteiger partial charge is 0.504 e. The number of carbonyl (C=O) groups is 2. The SMILES string of the molecule is CC(=O)N1CCN(Nc2oc(C=C3C=Nc4ncccc43)c(O)c2C(=O)O)CC1. The van der Waals surface area contributed by atoms with E-state index in [2.05, 4.69) is 15.4 Å². The van der Waals surface area contributed by atoms with Gasteiger partial charge in [-0.25, -0.2) is 19.8 Å². The van der Waals surface area contributed by atoms with Gasteiger partial charge in [0.1, 0.15) is 0 Å². The Labute approximate surface area is 165 Å². The Balaban J connectivity index is 1.60. The van der Waals surface area contributed by atoms with Gasteiger partial charge in [-0.2, -0.15) is 0 Å². The van der Waals surface area contributed by atoms with E-state index in [0.717, 1.165) is 5.56 Å². The van der Waals surface area contributed by atoms with Crippen molar-refractivity contribution in [3.8, 4) is 5.75 Å². The van der Waals surface area contributed by atoms with Crippen LogP contribution in [-0.2, 0) is 4.79 Å². The van der Waals surface area contributed by atoms with E-state index in [1.807, 2.05) is 6.07 Å². The van der Waals surface area contributed by atoms with Gasteiger partial charge in [0.05, 0.1) is 0 Å². The second kappa shape index (κ2) is 7.40. The molecule has 10 nitrogen and oxygen atoms in total. The van der Waals surface area contributed by atoms with Crippen molar-refractivity contribution < 1.29 is 24.2 Å². The predicted octanol–water partition coefficient (Wildman–Crippen LogP) is 1.83. The smallest absolute Gasteiger partial charge is 0.345 e. The molecule has 0 aromatic carbocycles. The van der Waals surface area contributed by atoms with Crippen LogP contribution in [0.4, 0.5) is 11.7 Å². The third kappa shape index (κ3) is 3.57. The molecular formula is C19H19N5O5. The molecule has 3 N–H and O–H groups in total. The van der Waals surface area contributed by atoms with Gasteiger partial charge >= 0.3 is 5.97 Å². The van der Waals surface area contributed by atoms with E-state index in [-0.39, 0.29) is 23.1 Å². The number of allylic oxidation sites excluding steroid dienone is 1. The van der Waals surface area contributed by atoms with Crippen molar-refractivity contribution in [1.29, 1.82) is 0 Å². The number of furan rings is 1. The number of amides is 1. The number of hydrogen-bond acceptors (Lipinski definition) is 8. The van der Waals surface area contributed by atoms with E-state index in [4.69, 9.17) is 4.42 Å². The van der Waals surface area contributed by atoms with Gasteiger partial charge in [-0.1, -0.05) is 0 Å². The third-order valence-corrected chi connectivity index (χ3v) is 4.82. The number of hydrogen-bond donors (Lipinski definition) is 3. The van der Waals surface area contributed by atoms with E-state index in [1.54, 1.807) is 28.4 Å². The number of fused-ring (bicyclic) bond motifs is 1. The number of rotatable bonds is 4. The van der Waals surface area contributed by atoms with Gasteiger partial charge in [-0.3, -0.25) is 10.2 Å². The number of hydrazine groups is 1. The monoisotopic (exact) mass is 397 g/mol. The van der Waals surface area contributed by atoms with Crippen LogP contribution in [0.25, 0.3) is 11.6 Å². The van der Waals surface area contributed by atoms with Crippen molar-refractivity contribution in [2.75, 3.05) is 31.6 Å². The Morgan fingerprint density at radius 1 is 1.28 bits per heavy atom. The summed E-state index contributed by atoms with van der Waals surface area (Å²) in [5, 5.41) is 21.7. The highest BCUT2D eigenvalue weighted by atomic mass is 16.4. The minimum atomic E-state index is -1.32. The van der Waals surface area contributed by atoms with Gasteiger partial charge in [-0.15, -0.1) is 0 Å². The molecule has 2 aromatic heterocycles. The predicted molar refractivity (Wildman–Crippen MR) is 105 cm³/mol. The number of carboxylic acid groups (broad SMARTS) is 1. The van der Waals surface area contributed by atoms with Crippen LogP contribution in [0.1, 0.15) is 28.6 Å². The van der Waals surface area contributed by atoms with E-state index in [0.29, 0.717) is 37.6 Å². The molecule has 0 radical (unpaired) electrons. The van der Waals surface area contributed by atoms with Crippen molar-refractivity contribution in [3.63, 3.8) is 0 Å². The lowest BCUT2D eigenvalue weighted by Crippen LogP contribution is -2.50. The zero-order chi connectivity index (χ0) is 20.5. The van der Waals surface area contributed by atoms with Gasteiger partial charge in [0.25, 0.3) is 0 Å². The Kier molecular flexibility index (Phi) is 4.77. The molecule has 2 aliphatic heterocycles. The average molecular weight is 397 g/mol. The topological polar surface area (TPSA) is 132 Å². The summed E-state index contributed by atoms with van der Waals surface area (Å²) >= 11 is 0. The molecule has 10 heteroatoms. The van der Waals surface area contributed by atoms with Crippen LogP contribution < -0.4 is 5.43 Å². The zero-order valence-electron chi connectivity index (χ0n) is 15.6. The zero-order valence-corrected chi connectivity index (χ0v) is 15.6. The van der Waals surface area contributed by atoms with Gasteiger partial charge in [0, 0.05) is 56.7 Å². The molecular weight excluding hydrogens is 378 g/mol. The Morgan fingerprint density at radius 2 is 2.03 bits per heavy atom. The molecule has 150 valence electrons. The molecule has 2 aromatic rings. The number of aliphatic imine (C=N–C) groups is 1. The van der Waals surface area contributed by atoms with Crippen LogP contribution in [0.3, 0.4) is 0 Å². The van der Waals surface area contributed by atoms with Crippen molar-refractivity contribution in [1.82, 2.24) is 14.9 Å². The van der Waals surface area contributed by atoms with Crippen molar-refractivity contribution in [3.05, 3.63) is 35.2 Å². The van der Waals surface area contributed by atoms with Crippen molar-refractivity contribution in [2.45, 2.75) is 6.92 Å². The molecule has 0 aliphatic carbocycles. The highest BCUT2D eigenvalue weighted by Crippen LogP contribution is 2.38. The first-order chi connectivity index (χ1) is 13.9. The molecule has 1 amide bonds. The highest BCUT2D eigenvalue weighted by Gasteiger charge is 2.28. The first-order valence-corrected chi connectivity index (χ1v) is 9.01. The summed E-state index contributed by atoms with van der Waals surface area (Å²) in [7, 11) is 0. The number of aromatic nitrogens is 1. The summed E-state index contributed by atoms with van der Waals surface area (Å²) in [4.78, 5) is 33.2. The second-order valence-electron chi connectivity index (χ2n) is 6.66. The number of anilines is 1. The minimum absolute atomic E-state index is 0.00502. The summed E-state index contributed by atoms with van der Waals surface area (Å²) in [5.74, 6) is -1.31. The van der Waals surface area contributed by atoms with Crippen LogP contribution in [0.15, 0.2) is 27.7 Å². The number of carboxylic acids is 1. The van der Waals surface area contributed by atoms with Crippen LogP contribution in [-0.4, -0.2) is 69.4 Å². The maximum Gasteiger partial charge on any atom is 0.345 e. The lowest BCUT2D eigenvalue weighted by atomic mass is 10.1. The van der Waals surface area contributed by atoms with Gasteiger partial charge in [0.2, 0.25) is 11.8 Å². The molecule has 0 unspecified atom stereocenters. The van der Waals surface area contributed by atoms with Gasteiger partial charge < -0.3 is 19.5 Å². The minimum Gasteiger partial charge on any atom is -0.504 e. The number of nitrogens with zero attached hydrogens (tertiary/aromatic N) is 4. The van der Waals surface area contributed by atoms with Crippen LogP contribution in [0.2, 0.25) is 0 Å². The van der Waals surface area contributed by atoms with Crippen LogP contribution in [0, 0.1) is 0 Å². The third-order valence-electron chi connectivity index (χ3n) is 4.82. The standard InChI is InChI=1S/C19H19N5O5/c1-11(25)23-5-7-24(8-6-23)22-18-15(19(27)28)16(26)14(29-18)9-12-10-21-17-13(12)3-2-4-20-17/h2-4,9-10,22,26H,5-8H2,1H3,(H,27,28). The van der Waals surface area contributed by atoms with E-state index in [1.165, 1.54) is 13.0 Å². The van der Waals surface area contributed by atoms with E-state index < -0.39 is 11.7 Å². The summed E-state index contributed by atoms with van der Waals surface area (Å²) in [5.41, 5.74) is 3.96. The number of carbonyl (C=O) groups excluding carboxylic acids is 1. The van der Waals surface area contributed by atoms with Gasteiger partial charge in [-0.05, 0) is 18.2 Å². The average Bonchev–Trinajstić information content (AvgIpc) is 3.24. The quantitative estimate of drug-likeness (QED) is 0.712. The number of piperazine rings is 1. The Bertz CT molecular complexity index is 1030. The number of nitrogens with one attached hydrogen (secondary N) is 1. The lowest BCUT2D eigenvalue weighted by molar-refractivity contribution is -0.130.